The molecule has 1 N–H and O–H groups in total. The van der Waals surface area contributed by atoms with E-state index >= 15 is 0 Å². The normalized spacial score (nSPS) is 11.9. The van der Waals surface area contributed by atoms with Crippen molar-refractivity contribution in [3.05, 3.63) is 65.1 Å². The van der Waals surface area contributed by atoms with Gasteiger partial charge in [0.1, 0.15) is 24.2 Å². The van der Waals surface area contributed by atoms with Crippen LogP contribution in [-0.2, 0) is 6.54 Å². The van der Waals surface area contributed by atoms with Crippen LogP contribution < -0.4 is 15.2 Å². The van der Waals surface area contributed by atoms with Crippen LogP contribution in [0.1, 0.15) is 0 Å². The SMILES string of the molecule is COc1ccc(OCC(O)Cn2nnn(-c3ccccc3)c2=O)cc1. The number of hydrogen-bond acceptors (Lipinski definition) is 6. The van der Waals surface area contributed by atoms with E-state index in [0.29, 0.717) is 11.4 Å². The minimum atomic E-state index is -0.902. The summed E-state index contributed by atoms with van der Waals surface area (Å²) in [5.74, 6) is 1.32. The van der Waals surface area contributed by atoms with Crippen LogP contribution in [0.2, 0.25) is 0 Å². The number of para-hydroxylation sites is 1. The van der Waals surface area contributed by atoms with Gasteiger partial charge in [0.05, 0.1) is 19.3 Å². The number of ether oxygens (including phenoxy) is 2. The molecule has 1 heterocycles. The lowest BCUT2D eigenvalue weighted by Gasteiger charge is -2.11. The van der Waals surface area contributed by atoms with Crippen molar-refractivity contribution in [1.29, 1.82) is 0 Å². The van der Waals surface area contributed by atoms with Gasteiger partial charge in [0.25, 0.3) is 0 Å². The topological polar surface area (TPSA) is 91.4 Å². The second-order valence-electron chi connectivity index (χ2n) is 5.33. The van der Waals surface area contributed by atoms with Crippen molar-refractivity contribution in [3.63, 3.8) is 0 Å². The number of aromatic nitrogens is 4. The average Bonchev–Trinajstić information content (AvgIpc) is 3.01. The van der Waals surface area contributed by atoms with Gasteiger partial charge < -0.3 is 14.6 Å². The van der Waals surface area contributed by atoms with Crippen LogP contribution in [0.3, 0.4) is 0 Å². The lowest BCUT2D eigenvalue weighted by Crippen LogP contribution is -2.31. The number of aliphatic hydroxyl groups is 1. The molecule has 0 aliphatic rings. The summed E-state index contributed by atoms with van der Waals surface area (Å²) >= 11 is 0. The molecule has 2 aromatic carbocycles. The van der Waals surface area contributed by atoms with Gasteiger partial charge in [0, 0.05) is 0 Å². The Bertz CT molecular complexity index is 858. The van der Waals surface area contributed by atoms with Gasteiger partial charge in [-0.05, 0) is 46.8 Å². The Hall–Kier alpha value is -3.13. The van der Waals surface area contributed by atoms with E-state index in [4.69, 9.17) is 9.47 Å². The van der Waals surface area contributed by atoms with Gasteiger partial charge in [-0.3, -0.25) is 0 Å². The second kappa shape index (κ2) is 7.63. The fourth-order valence-corrected chi connectivity index (χ4v) is 2.24. The smallest absolute Gasteiger partial charge is 0.368 e. The predicted octanol–water partition coefficient (Wildman–Crippen LogP) is 0.877. The molecule has 0 bridgehead atoms. The average molecular weight is 342 g/mol. The van der Waals surface area contributed by atoms with E-state index in [2.05, 4.69) is 10.4 Å². The highest BCUT2D eigenvalue weighted by molar-refractivity contribution is 5.31. The molecular weight excluding hydrogens is 324 g/mol. The molecule has 25 heavy (non-hydrogen) atoms. The monoisotopic (exact) mass is 342 g/mol. The number of methoxy groups -OCH3 is 1. The zero-order chi connectivity index (χ0) is 17.6. The molecule has 0 radical (unpaired) electrons. The zero-order valence-electron chi connectivity index (χ0n) is 13.6. The summed E-state index contributed by atoms with van der Waals surface area (Å²) in [6, 6.07) is 16.0. The second-order valence-corrected chi connectivity index (χ2v) is 5.33. The largest absolute Gasteiger partial charge is 0.497 e. The van der Waals surface area contributed by atoms with Gasteiger partial charge in [-0.2, -0.15) is 9.36 Å². The van der Waals surface area contributed by atoms with Crippen molar-refractivity contribution in [2.45, 2.75) is 12.6 Å². The van der Waals surface area contributed by atoms with Crippen LogP contribution in [0.4, 0.5) is 0 Å². The molecular formula is C17H18N4O4. The molecule has 1 atom stereocenters. The van der Waals surface area contributed by atoms with Gasteiger partial charge >= 0.3 is 5.69 Å². The first kappa shape index (κ1) is 16.7. The number of rotatable bonds is 7. The molecule has 1 aromatic heterocycles. The van der Waals surface area contributed by atoms with Crippen LogP contribution in [0.15, 0.2) is 59.4 Å². The number of aliphatic hydroxyl groups excluding tert-OH is 1. The Morgan fingerprint density at radius 2 is 1.72 bits per heavy atom. The van der Waals surface area contributed by atoms with Crippen molar-refractivity contribution in [3.8, 4) is 17.2 Å². The number of tetrazole rings is 1. The highest BCUT2D eigenvalue weighted by atomic mass is 16.5. The van der Waals surface area contributed by atoms with E-state index in [-0.39, 0.29) is 13.2 Å². The molecule has 0 saturated carbocycles. The summed E-state index contributed by atoms with van der Waals surface area (Å²) in [4.78, 5) is 12.3. The Labute approximate surface area is 143 Å². The lowest BCUT2D eigenvalue weighted by atomic mass is 10.3. The minimum Gasteiger partial charge on any atom is -0.497 e. The van der Waals surface area contributed by atoms with Crippen molar-refractivity contribution < 1.29 is 14.6 Å². The fourth-order valence-electron chi connectivity index (χ4n) is 2.24. The summed E-state index contributed by atoms with van der Waals surface area (Å²) < 4.78 is 12.8. The zero-order valence-corrected chi connectivity index (χ0v) is 13.6. The van der Waals surface area contributed by atoms with E-state index < -0.39 is 11.8 Å². The molecule has 0 amide bonds. The molecule has 0 aliphatic heterocycles. The molecule has 130 valence electrons. The molecule has 8 nitrogen and oxygen atoms in total. The summed E-state index contributed by atoms with van der Waals surface area (Å²) in [5, 5.41) is 17.7. The number of benzene rings is 2. The summed E-state index contributed by atoms with van der Waals surface area (Å²) in [6.45, 7) is 0.0127. The van der Waals surface area contributed by atoms with Gasteiger partial charge in [-0.1, -0.05) is 18.2 Å². The lowest BCUT2D eigenvalue weighted by molar-refractivity contribution is 0.0878. The van der Waals surface area contributed by atoms with Crippen LogP contribution >= 0.6 is 0 Å². The maximum Gasteiger partial charge on any atom is 0.368 e. The highest BCUT2D eigenvalue weighted by Crippen LogP contribution is 2.17. The molecule has 8 heteroatoms. The Balaban J connectivity index is 1.60. The number of nitrogens with zero attached hydrogens (tertiary/aromatic N) is 4. The van der Waals surface area contributed by atoms with Crippen LogP contribution in [0, 0.1) is 0 Å². The van der Waals surface area contributed by atoms with E-state index in [1.54, 1.807) is 55.6 Å². The first-order valence-corrected chi connectivity index (χ1v) is 7.70. The van der Waals surface area contributed by atoms with Gasteiger partial charge in [0.15, 0.2) is 0 Å². The molecule has 1 unspecified atom stereocenters. The molecule has 0 spiro atoms. The van der Waals surface area contributed by atoms with Crippen molar-refractivity contribution in [1.82, 2.24) is 19.8 Å². The summed E-state index contributed by atoms with van der Waals surface area (Å²) in [6.07, 6.45) is -0.902. The Morgan fingerprint density at radius 1 is 1.04 bits per heavy atom. The third-order valence-electron chi connectivity index (χ3n) is 3.53. The molecule has 0 fully saturated rings. The molecule has 0 aliphatic carbocycles. The third kappa shape index (κ3) is 4.04. The van der Waals surface area contributed by atoms with Crippen molar-refractivity contribution >= 4 is 0 Å². The Kier molecular flexibility index (Phi) is 5.10. The van der Waals surface area contributed by atoms with Crippen molar-refractivity contribution in [2.75, 3.05) is 13.7 Å². The van der Waals surface area contributed by atoms with E-state index in [9.17, 15) is 9.90 Å². The minimum absolute atomic E-state index is 0.0121. The van der Waals surface area contributed by atoms with Crippen molar-refractivity contribution in [2.24, 2.45) is 0 Å². The number of hydrogen-bond donors (Lipinski definition) is 1. The van der Waals surface area contributed by atoms with Gasteiger partial charge in [-0.25, -0.2) is 4.79 Å². The fraction of sp³-hybridized carbons (Fsp3) is 0.235. The quantitative estimate of drug-likeness (QED) is 0.685. The maximum absolute atomic E-state index is 12.3. The maximum atomic E-state index is 12.3. The van der Waals surface area contributed by atoms with Crippen LogP contribution in [0.5, 0.6) is 11.5 Å². The first-order valence-electron chi connectivity index (χ1n) is 7.70. The first-order chi connectivity index (χ1) is 12.2. The van der Waals surface area contributed by atoms with E-state index in [1.807, 2.05) is 6.07 Å². The molecule has 3 rings (SSSR count). The van der Waals surface area contributed by atoms with Gasteiger partial charge in [-0.15, -0.1) is 0 Å². The van der Waals surface area contributed by atoms with Crippen LogP contribution in [-0.4, -0.2) is 44.7 Å². The van der Waals surface area contributed by atoms with Gasteiger partial charge in [0.2, 0.25) is 0 Å². The van der Waals surface area contributed by atoms with E-state index in [1.165, 1.54) is 4.68 Å². The predicted molar refractivity (Wildman–Crippen MR) is 90.1 cm³/mol. The summed E-state index contributed by atoms with van der Waals surface area (Å²) in [7, 11) is 1.58. The standard InChI is InChI=1S/C17H18N4O4/c1-24-15-7-9-16(10-8-15)25-12-14(22)11-20-17(23)21(19-18-20)13-5-3-2-4-6-13/h2-10,14,22H,11-12H2,1H3. The third-order valence-corrected chi connectivity index (χ3v) is 3.53. The van der Waals surface area contributed by atoms with E-state index in [0.717, 1.165) is 10.4 Å². The molecule has 3 aromatic rings. The Morgan fingerprint density at radius 3 is 2.40 bits per heavy atom. The summed E-state index contributed by atoms with van der Waals surface area (Å²) in [5.41, 5.74) is 0.192. The molecule has 0 saturated heterocycles. The highest BCUT2D eigenvalue weighted by Gasteiger charge is 2.13. The van der Waals surface area contributed by atoms with Crippen LogP contribution in [0.25, 0.3) is 5.69 Å².